The molecule has 0 saturated heterocycles. The predicted octanol–water partition coefficient (Wildman–Crippen LogP) is 1.34. The summed E-state index contributed by atoms with van der Waals surface area (Å²) in [5.74, 6) is -1.09. The van der Waals surface area contributed by atoms with Gasteiger partial charge in [0.2, 0.25) is 0 Å². The molecule has 0 aliphatic rings. The lowest BCUT2D eigenvalue weighted by Gasteiger charge is -2.06. The van der Waals surface area contributed by atoms with Gasteiger partial charge in [-0.2, -0.15) is 0 Å². The van der Waals surface area contributed by atoms with Crippen LogP contribution >= 0.6 is 0 Å². The fourth-order valence-electron chi connectivity index (χ4n) is 1.58. The number of rotatable bonds is 4. The summed E-state index contributed by atoms with van der Waals surface area (Å²) in [6.45, 7) is 0. The summed E-state index contributed by atoms with van der Waals surface area (Å²) in [6, 6.07) is 12.0. The second-order valence-corrected chi connectivity index (χ2v) is 4.02. The topological polar surface area (TPSA) is 85.1 Å². The maximum atomic E-state index is 12.0. The van der Waals surface area contributed by atoms with E-state index in [4.69, 9.17) is 5.73 Å². The van der Waals surface area contributed by atoms with Crippen molar-refractivity contribution in [1.29, 1.82) is 0 Å². The van der Waals surface area contributed by atoms with Crippen LogP contribution < -0.4 is 11.1 Å². The summed E-state index contributed by atoms with van der Waals surface area (Å²) in [5, 5.41) is 2.51. The van der Waals surface area contributed by atoms with Crippen LogP contribution in [0.3, 0.4) is 0 Å². The highest BCUT2D eigenvalue weighted by molar-refractivity contribution is 6.04. The molecule has 0 atom stereocenters. The standard InChI is InChI=1S/C15H13N3O2/c16-14(19)13(10-11-6-8-17-9-7-11)18-15(20)12-4-2-1-3-5-12/h1-10H,(H2,16,19)(H,18,20)/b13-10+. The molecule has 100 valence electrons. The predicted molar refractivity (Wildman–Crippen MR) is 75.3 cm³/mol. The molecule has 20 heavy (non-hydrogen) atoms. The van der Waals surface area contributed by atoms with Crippen molar-refractivity contribution in [2.24, 2.45) is 5.73 Å². The van der Waals surface area contributed by atoms with E-state index in [2.05, 4.69) is 10.3 Å². The molecule has 5 nitrogen and oxygen atoms in total. The van der Waals surface area contributed by atoms with Gasteiger partial charge in [0.05, 0.1) is 0 Å². The second kappa shape index (κ2) is 6.29. The fraction of sp³-hybridized carbons (Fsp3) is 0. The number of pyridine rings is 1. The molecule has 3 N–H and O–H groups in total. The molecule has 0 aliphatic carbocycles. The van der Waals surface area contributed by atoms with Gasteiger partial charge in [-0.1, -0.05) is 18.2 Å². The van der Waals surface area contributed by atoms with Gasteiger partial charge in [0, 0.05) is 18.0 Å². The van der Waals surface area contributed by atoms with Gasteiger partial charge in [0.15, 0.2) is 0 Å². The first kappa shape index (κ1) is 13.5. The molecule has 0 bridgehead atoms. The Morgan fingerprint density at radius 3 is 2.30 bits per heavy atom. The summed E-state index contributed by atoms with van der Waals surface area (Å²) in [6.07, 6.45) is 4.68. The second-order valence-electron chi connectivity index (χ2n) is 4.02. The van der Waals surface area contributed by atoms with Gasteiger partial charge in [0.25, 0.3) is 11.8 Å². The van der Waals surface area contributed by atoms with Crippen LogP contribution in [0.2, 0.25) is 0 Å². The summed E-state index contributed by atoms with van der Waals surface area (Å²) in [5.41, 5.74) is 6.48. The SMILES string of the molecule is NC(=O)/C(=C\c1ccncc1)NC(=O)c1ccccc1. The van der Waals surface area contributed by atoms with Crippen LogP contribution in [0.15, 0.2) is 60.6 Å². The molecule has 2 aromatic rings. The fourth-order valence-corrected chi connectivity index (χ4v) is 1.58. The minimum Gasteiger partial charge on any atom is -0.364 e. The molecule has 0 unspecified atom stereocenters. The Kier molecular flexibility index (Phi) is 4.24. The largest absolute Gasteiger partial charge is 0.364 e. The summed E-state index contributed by atoms with van der Waals surface area (Å²) in [4.78, 5) is 27.2. The number of nitrogens with one attached hydrogen (secondary N) is 1. The molecule has 0 fully saturated rings. The average Bonchev–Trinajstić information content (AvgIpc) is 2.48. The Balaban J connectivity index is 2.21. The van der Waals surface area contributed by atoms with Crippen molar-refractivity contribution in [3.63, 3.8) is 0 Å². The van der Waals surface area contributed by atoms with E-state index in [-0.39, 0.29) is 11.6 Å². The molecule has 1 aromatic carbocycles. The minimum absolute atomic E-state index is 0.0325. The van der Waals surface area contributed by atoms with E-state index >= 15 is 0 Å². The molecule has 1 heterocycles. The van der Waals surface area contributed by atoms with Gasteiger partial charge in [0.1, 0.15) is 5.70 Å². The maximum Gasteiger partial charge on any atom is 0.265 e. The number of aromatic nitrogens is 1. The van der Waals surface area contributed by atoms with E-state index in [0.717, 1.165) is 5.56 Å². The lowest BCUT2D eigenvalue weighted by molar-refractivity contribution is -0.114. The van der Waals surface area contributed by atoms with Crippen LogP contribution in [0.5, 0.6) is 0 Å². The van der Waals surface area contributed by atoms with Gasteiger partial charge in [-0.05, 0) is 35.9 Å². The zero-order valence-corrected chi connectivity index (χ0v) is 10.6. The van der Waals surface area contributed by atoms with Crippen LogP contribution in [-0.2, 0) is 4.79 Å². The van der Waals surface area contributed by atoms with E-state index < -0.39 is 5.91 Å². The van der Waals surface area contributed by atoms with Crippen molar-refractivity contribution >= 4 is 17.9 Å². The number of hydrogen-bond acceptors (Lipinski definition) is 3. The zero-order valence-electron chi connectivity index (χ0n) is 10.6. The van der Waals surface area contributed by atoms with Gasteiger partial charge in [-0.3, -0.25) is 14.6 Å². The molecule has 0 saturated carbocycles. The van der Waals surface area contributed by atoms with Crippen molar-refractivity contribution in [3.05, 3.63) is 71.7 Å². The number of hydrogen-bond donors (Lipinski definition) is 2. The third kappa shape index (κ3) is 3.52. The Morgan fingerprint density at radius 2 is 1.70 bits per heavy atom. The van der Waals surface area contributed by atoms with Gasteiger partial charge in [-0.15, -0.1) is 0 Å². The molecule has 0 aliphatic heterocycles. The van der Waals surface area contributed by atoms with Crippen LogP contribution in [0, 0.1) is 0 Å². The summed E-state index contributed by atoms with van der Waals surface area (Å²) in [7, 11) is 0. The molecule has 0 spiro atoms. The van der Waals surface area contributed by atoms with Crippen LogP contribution in [0.1, 0.15) is 15.9 Å². The molecule has 0 radical (unpaired) electrons. The highest BCUT2D eigenvalue weighted by atomic mass is 16.2. The number of nitrogens with zero attached hydrogens (tertiary/aromatic N) is 1. The van der Waals surface area contributed by atoms with E-state index in [1.807, 2.05) is 0 Å². The average molecular weight is 267 g/mol. The normalized spacial score (nSPS) is 10.9. The number of carbonyl (C=O) groups is 2. The Labute approximate surface area is 116 Å². The molecular formula is C15H13N3O2. The van der Waals surface area contributed by atoms with Crippen molar-refractivity contribution in [3.8, 4) is 0 Å². The first-order valence-corrected chi connectivity index (χ1v) is 5.95. The number of primary amides is 1. The van der Waals surface area contributed by atoms with Crippen molar-refractivity contribution in [2.45, 2.75) is 0 Å². The van der Waals surface area contributed by atoms with E-state index in [1.165, 1.54) is 6.08 Å². The first-order chi connectivity index (χ1) is 9.66. The van der Waals surface area contributed by atoms with E-state index in [0.29, 0.717) is 5.56 Å². The smallest absolute Gasteiger partial charge is 0.265 e. The number of carbonyl (C=O) groups excluding carboxylic acids is 2. The zero-order chi connectivity index (χ0) is 14.4. The summed E-state index contributed by atoms with van der Waals surface area (Å²) < 4.78 is 0. The molecule has 1 aromatic heterocycles. The number of amides is 2. The third-order valence-corrected chi connectivity index (χ3v) is 2.57. The lowest BCUT2D eigenvalue weighted by atomic mass is 10.2. The van der Waals surface area contributed by atoms with E-state index in [9.17, 15) is 9.59 Å². The van der Waals surface area contributed by atoms with Crippen molar-refractivity contribution in [1.82, 2.24) is 10.3 Å². The maximum absolute atomic E-state index is 12.0. The Hall–Kier alpha value is -2.95. The first-order valence-electron chi connectivity index (χ1n) is 5.95. The summed E-state index contributed by atoms with van der Waals surface area (Å²) >= 11 is 0. The third-order valence-electron chi connectivity index (χ3n) is 2.57. The monoisotopic (exact) mass is 267 g/mol. The van der Waals surface area contributed by atoms with Gasteiger partial charge in [-0.25, -0.2) is 0 Å². The molecule has 2 amide bonds. The van der Waals surface area contributed by atoms with Crippen molar-refractivity contribution < 1.29 is 9.59 Å². The highest BCUT2D eigenvalue weighted by Crippen LogP contribution is 2.05. The Bertz CT molecular complexity index is 637. The van der Waals surface area contributed by atoms with Crippen LogP contribution in [-0.4, -0.2) is 16.8 Å². The van der Waals surface area contributed by atoms with Gasteiger partial charge >= 0.3 is 0 Å². The highest BCUT2D eigenvalue weighted by Gasteiger charge is 2.11. The van der Waals surface area contributed by atoms with Crippen molar-refractivity contribution in [2.75, 3.05) is 0 Å². The quantitative estimate of drug-likeness (QED) is 0.820. The lowest BCUT2D eigenvalue weighted by Crippen LogP contribution is -2.31. The van der Waals surface area contributed by atoms with Crippen LogP contribution in [0.4, 0.5) is 0 Å². The molecular weight excluding hydrogens is 254 g/mol. The molecule has 2 rings (SSSR count). The number of nitrogens with two attached hydrogens (primary N) is 1. The molecule has 5 heteroatoms. The Morgan fingerprint density at radius 1 is 1.05 bits per heavy atom. The van der Waals surface area contributed by atoms with Gasteiger partial charge < -0.3 is 11.1 Å². The minimum atomic E-state index is -0.703. The van der Waals surface area contributed by atoms with E-state index in [1.54, 1.807) is 54.9 Å². The van der Waals surface area contributed by atoms with Crippen LogP contribution in [0.25, 0.3) is 6.08 Å². The number of benzene rings is 1.